The maximum atomic E-state index is 12.7. The highest BCUT2D eigenvalue weighted by atomic mass is 16.5. The summed E-state index contributed by atoms with van der Waals surface area (Å²) in [5, 5.41) is 1.12. The third kappa shape index (κ3) is 3.31. The number of benzene rings is 1. The highest BCUT2D eigenvalue weighted by Gasteiger charge is 2.26. The maximum Gasteiger partial charge on any atom is 0.293 e. The third-order valence-electron chi connectivity index (χ3n) is 5.64. The van der Waals surface area contributed by atoms with Crippen LogP contribution in [0.4, 0.5) is 5.82 Å². The first-order valence-corrected chi connectivity index (χ1v) is 9.81. The second kappa shape index (κ2) is 6.76. The van der Waals surface area contributed by atoms with E-state index in [4.69, 9.17) is 4.74 Å². The van der Waals surface area contributed by atoms with Gasteiger partial charge in [0, 0.05) is 62.0 Å². The van der Waals surface area contributed by atoms with Crippen LogP contribution < -0.4 is 15.2 Å². The van der Waals surface area contributed by atoms with Crippen molar-refractivity contribution in [2.75, 3.05) is 18.0 Å². The number of anilines is 1. The zero-order valence-corrected chi connectivity index (χ0v) is 15.3. The van der Waals surface area contributed by atoms with Crippen molar-refractivity contribution in [1.82, 2.24) is 14.5 Å². The molecule has 1 saturated heterocycles. The van der Waals surface area contributed by atoms with Crippen LogP contribution in [0, 0.1) is 5.92 Å². The van der Waals surface area contributed by atoms with E-state index in [1.807, 2.05) is 29.1 Å². The van der Waals surface area contributed by atoms with Crippen molar-refractivity contribution in [2.24, 2.45) is 5.92 Å². The number of piperidine rings is 1. The molecule has 1 aliphatic carbocycles. The van der Waals surface area contributed by atoms with Crippen LogP contribution >= 0.6 is 0 Å². The first-order chi connectivity index (χ1) is 13.3. The normalized spacial score (nSPS) is 18.1. The van der Waals surface area contributed by atoms with Gasteiger partial charge in [-0.05, 0) is 37.0 Å². The van der Waals surface area contributed by atoms with Gasteiger partial charge in [0.05, 0.1) is 0 Å². The highest BCUT2D eigenvalue weighted by Crippen LogP contribution is 2.30. The van der Waals surface area contributed by atoms with E-state index in [2.05, 4.69) is 27.0 Å². The molecule has 2 fully saturated rings. The van der Waals surface area contributed by atoms with E-state index in [-0.39, 0.29) is 11.7 Å². The van der Waals surface area contributed by atoms with E-state index in [1.165, 1.54) is 12.8 Å². The van der Waals surface area contributed by atoms with Crippen LogP contribution in [0.3, 0.4) is 0 Å². The second-order valence-corrected chi connectivity index (χ2v) is 7.65. The molecule has 5 rings (SSSR count). The van der Waals surface area contributed by atoms with E-state index in [1.54, 1.807) is 6.20 Å². The molecule has 140 valence electrons. The number of hydrogen-bond donors (Lipinski definition) is 1. The molecular weight excluding hydrogens is 340 g/mol. The predicted octanol–water partition coefficient (Wildman–Crippen LogP) is 3.18. The van der Waals surface area contributed by atoms with Crippen LogP contribution in [0.1, 0.15) is 25.7 Å². The van der Waals surface area contributed by atoms with Crippen molar-refractivity contribution >= 4 is 16.7 Å². The van der Waals surface area contributed by atoms with Crippen molar-refractivity contribution in [3.8, 4) is 5.75 Å². The number of hydrogen-bond acceptors (Lipinski definition) is 4. The van der Waals surface area contributed by atoms with Crippen molar-refractivity contribution in [2.45, 2.75) is 38.3 Å². The fourth-order valence-electron chi connectivity index (χ4n) is 3.90. The minimum Gasteiger partial charge on any atom is -0.490 e. The number of nitrogens with zero attached hydrogens (tertiary/aromatic N) is 3. The lowest BCUT2D eigenvalue weighted by atomic mass is 10.1. The van der Waals surface area contributed by atoms with Crippen molar-refractivity contribution in [3.63, 3.8) is 0 Å². The number of rotatable bonds is 5. The number of nitrogens with one attached hydrogen (secondary N) is 1. The molecule has 2 aliphatic rings. The molecule has 3 aromatic rings. The summed E-state index contributed by atoms with van der Waals surface area (Å²) in [5.74, 6) is 2.19. The summed E-state index contributed by atoms with van der Waals surface area (Å²) in [4.78, 5) is 22.5. The Morgan fingerprint density at radius 2 is 2.00 bits per heavy atom. The second-order valence-electron chi connectivity index (χ2n) is 7.65. The standard InChI is InChI=1S/C21H24N4O2/c26-21-20(23-10-13-25(21)14-15-4-5-15)24-11-7-16(8-12-24)27-19-3-1-2-18-17(19)6-9-22-18/h1-3,6,9-10,13,15-16,22H,4-5,7-8,11-12,14H2. The summed E-state index contributed by atoms with van der Waals surface area (Å²) in [6.07, 6.45) is 9.93. The van der Waals surface area contributed by atoms with E-state index in [9.17, 15) is 4.79 Å². The lowest BCUT2D eigenvalue weighted by Crippen LogP contribution is -2.42. The molecule has 0 unspecified atom stereocenters. The van der Waals surface area contributed by atoms with Crippen molar-refractivity contribution < 1.29 is 4.74 Å². The summed E-state index contributed by atoms with van der Waals surface area (Å²) in [7, 11) is 0. The molecule has 0 radical (unpaired) electrons. The van der Waals surface area contributed by atoms with Crippen LogP contribution in [0.2, 0.25) is 0 Å². The molecule has 27 heavy (non-hydrogen) atoms. The number of ether oxygens (including phenoxy) is 1. The summed E-state index contributed by atoms with van der Waals surface area (Å²) < 4.78 is 8.10. The first-order valence-electron chi connectivity index (χ1n) is 9.81. The number of H-pyrrole nitrogens is 1. The molecular formula is C21H24N4O2. The Kier molecular flexibility index (Phi) is 4.11. The Balaban J connectivity index is 1.26. The molecule has 1 N–H and O–H groups in total. The zero-order valence-electron chi connectivity index (χ0n) is 15.3. The van der Waals surface area contributed by atoms with Gasteiger partial charge in [0.15, 0.2) is 5.82 Å². The van der Waals surface area contributed by atoms with Gasteiger partial charge in [0.1, 0.15) is 11.9 Å². The Labute approximate surface area is 157 Å². The van der Waals surface area contributed by atoms with Crippen LogP contribution in [0.25, 0.3) is 10.9 Å². The fraction of sp³-hybridized carbons (Fsp3) is 0.429. The van der Waals surface area contributed by atoms with Crippen LogP contribution in [-0.4, -0.2) is 33.7 Å². The highest BCUT2D eigenvalue weighted by molar-refractivity contribution is 5.85. The Hall–Kier alpha value is -2.76. The molecule has 0 spiro atoms. The third-order valence-corrected chi connectivity index (χ3v) is 5.64. The van der Waals surface area contributed by atoms with Gasteiger partial charge in [0.2, 0.25) is 0 Å². The van der Waals surface area contributed by atoms with Crippen LogP contribution in [0.5, 0.6) is 5.75 Å². The lowest BCUT2D eigenvalue weighted by Gasteiger charge is -2.32. The molecule has 1 aliphatic heterocycles. The van der Waals surface area contributed by atoms with Gasteiger partial charge < -0.3 is 19.2 Å². The zero-order chi connectivity index (χ0) is 18.2. The van der Waals surface area contributed by atoms with Gasteiger partial charge in [-0.25, -0.2) is 4.98 Å². The first kappa shape index (κ1) is 16.4. The van der Waals surface area contributed by atoms with Gasteiger partial charge in [0.25, 0.3) is 5.56 Å². The SMILES string of the molecule is O=c1c(N2CCC(Oc3cccc4[nH]ccc34)CC2)nccn1CC1CC1. The smallest absolute Gasteiger partial charge is 0.293 e. The minimum absolute atomic E-state index is 0.0425. The maximum absolute atomic E-state index is 12.7. The van der Waals surface area contributed by atoms with E-state index < -0.39 is 0 Å². The molecule has 0 amide bonds. The number of aromatic amines is 1. The molecule has 0 atom stereocenters. The minimum atomic E-state index is 0.0425. The Morgan fingerprint density at radius 1 is 1.15 bits per heavy atom. The summed E-state index contributed by atoms with van der Waals surface area (Å²) in [5.41, 5.74) is 1.13. The molecule has 6 heteroatoms. The van der Waals surface area contributed by atoms with Gasteiger partial charge >= 0.3 is 0 Å². The average Bonchev–Trinajstić information content (AvgIpc) is 3.37. The van der Waals surface area contributed by atoms with Crippen LogP contribution in [0.15, 0.2) is 47.7 Å². The van der Waals surface area contributed by atoms with Gasteiger partial charge in [-0.3, -0.25) is 4.79 Å². The number of fused-ring (bicyclic) bond motifs is 1. The molecule has 3 heterocycles. The number of aromatic nitrogens is 3. The Bertz CT molecular complexity index is 997. The van der Waals surface area contributed by atoms with E-state index >= 15 is 0 Å². The molecule has 1 aromatic carbocycles. The largest absolute Gasteiger partial charge is 0.490 e. The van der Waals surface area contributed by atoms with Gasteiger partial charge in [-0.2, -0.15) is 0 Å². The van der Waals surface area contributed by atoms with Crippen molar-refractivity contribution in [3.05, 3.63) is 53.2 Å². The molecule has 2 aromatic heterocycles. The predicted molar refractivity (Wildman–Crippen MR) is 105 cm³/mol. The van der Waals surface area contributed by atoms with Crippen molar-refractivity contribution in [1.29, 1.82) is 0 Å². The van der Waals surface area contributed by atoms with Crippen LogP contribution in [-0.2, 0) is 6.54 Å². The summed E-state index contributed by atoms with van der Waals surface area (Å²) in [6, 6.07) is 8.14. The quantitative estimate of drug-likeness (QED) is 0.755. The van der Waals surface area contributed by atoms with Gasteiger partial charge in [-0.15, -0.1) is 0 Å². The summed E-state index contributed by atoms with van der Waals surface area (Å²) >= 11 is 0. The average molecular weight is 364 g/mol. The fourth-order valence-corrected chi connectivity index (χ4v) is 3.90. The van der Waals surface area contributed by atoms with Gasteiger partial charge in [-0.1, -0.05) is 6.07 Å². The lowest BCUT2D eigenvalue weighted by molar-refractivity contribution is 0.173. The summed E-state index contributed by atoms with van der Waals surface area (Å²) in [6.45, 7) is 2.42. The monoisotopic (exact) mass is 364 g/mol. The molecule has 6 nitrogen and oxygen atoms in total. The topological polar surface area (TPSA) is 63.1 Å². The Morgan fingerprint density at radius 3 is 2.81 bits per heavy atom. The molecule has 0 bridgehead atoms. The van der Waals surface area contributed by atoms with E-state index in [0.717, 1.165) is 49.1 Å². The van der Waals surface area contributed by atoms with E-state index in [0.29, 0.717) is 11.7 Å². The molecule has 1 saturated carbocycles.